The van der Waals surface area contributed by atoms with Gasteiger partial charge in [0.05, 0.1) is 0 Å². The van der Waals surface area contributed by atoms with E-state index in [1.54, 1.807) is 11.8 Å². The Morgan fingerprint density at radius 3 is 2.47 bits per heavy atom. The molecule has 0 aliphatic heterocycles. The Balaban J connectivity index is 4.08. The first-order valence-electron chi connectivity index (χ1n) is 5.56. The summed E-state index contributed by atoms with van der Waals surface area (Å²) < 4.78 is 0. The SMILES string of the molecule is CSCCC(NC(=O)CCC(C)(C)N)C(=O)O. The van der Waals surface area contributed by atoms with Crippen molar-refractivity contribution in [2.75, 3.05) is 12.0 Å². The smallest absolute Gasteiger partial charge is 0.326 e. The molecule has 0 aromatic heterocycles. The van der Waals surface area contributed by atoms with Gasteiger partial charge in [-0.05, 0) is 38.7 Å². The Morgan fingerprint density at radius 2 is 2.06 bits per heavy atom. The van der Waals surface area contributed by atoms with Gasteiger partial charge in [-0.1, -0.05) is 0 Å². The van der Waals surface area contributed by atoms with E-state index in [9.17, 15) is 9.59 Å². The van der Waals surface area contributed by atoms with Gasteiger partial charge in [-0.2, -0.15) is 11.8 Å². The molecule has 4 N–H and O–H groups in total. The number of aliphatic carboxylic acids is 1. The van der Waals surface area contributed by atoms with Gasteiger partial charge in [0.2, 0.25) is 5.91 Å². The summed E-state index contributed by atoms with van der Waals surface area (Å²) in [4.78, 5) is 22.4. The Kier molecular flexibility index (Phi) is 7.22. The van der Waals surface area contributed by atoms with E-state index in [0.29, 0.717) is 18.6 Å². The number of rotatable bonds is 8. The monoisotopic (exact) mass is 262 g/mol. The molecule has 0 saturated heterocycles. The van der Waals surface area contributed by atoms with Gasteiger partial charge >= 0.3 is 5.97 Å². The molecule has 0 aliphatic carbocycles. The number of carbonyl (C=O) groups is 2. The van der Waals surface area contributed by atoms with Crippen LogP contribution in [0, 0.1) is 0 Å². The Morgan fingerprint density at radius 1 is 1.47 bits per heavy atom. The van der Waals surface area contributed by atoms with Crippen molar-refractivity contribution in [2.45, 2.75) is 44.7 Å². The largest absolute Gasteiger partial charge is 0.480 e. The van der Waals surface area contributed by atoms with E-state index in [0.717, 1.165) is 0 Å². The first-order valence-corrected chi connectivity index (χ1v) is 6.95. The van der Waals surface area contributed by atoms with Crippen LogP contribution in [-0.4, -0.2) is 40.6 Å². The molecule has 0 aromatic rings. The van der Waals surface area contributed by atoms with Crippen LogP contribution in [0.5, 0.6) is 0 Å². The molecule has 0 spiro atoms. The number of thioether (sulfide) groups is 1. The number of carboxylic acid groups (broad SMARTS) is 1. The lowest BCUT2D eigenvalue weighted by Crippen LogP contribution is -2.42. The number of carboxylic acids is 1. The minimum absolute atomic E-state index is 0.253. The van der Waals surface area contributed by atoms with Crippen LogP contribution in [0.15, 0.2) is 0 Å². The topological polar surface area (TPSA) is 92.4 Å². The summed E-state index contributed by atoms with van der Waals surface area (Å²) in [6, 6.07) is -0.796. The molecule has 0 rings (SSSR count). The van der Waals surface area contributed by atoms with Crippen molar-refractivity contribution >= 4 is 23.6 Å². The van der Waals surface area contributed by atoms with E-state index in [1.807, 2.05) is 20.1 Å². The zero-order chi connectivity index (χ0) is 13.5. The summed E-state index contributed by atoms with van der Waals surface area (Å²) in [6.07, 6.45) is 3.13. The minimum Gasteiger partial charge on any atom is -0.480 e. The van der Waals surface area contributed by atoms with E-state index in [4.69, 9.17) is 10.8 Å². The fraction of sp³-hybridized carbons (Fsp3) is 0.818. The van der Waals surface area contributed by atoms with Crippen molar-refractivity contribution in [1.82, 2.24) is 5.32 Å². The molecule has 1 atom stereocenters. The van der Waals surface area contributed by atoms with E-state index in [-0.39, 0.29) is 12.3 Å². The summed E-state index contributed by atoms with van der Waals surface area (Å²) in [5.41, 5.74) is 5.35. The van der Waals surface area contributed by atoms with Crippen LogP contribution in [0.3, 0.4) is 0 Å². The highest BCUT2D eigenvalue weighted by molar-refractivity contribution is 7.98. The summed E-state index contributed by atoms with van der Waals surface area (Å²) in [5, 5.41) is 11.4. The highest BCUT2D eigenvalue weighted by Crippen LogP contribution is 2.07. The van der Waals surface area contributed by atoms with Crippen LogP contribution < -0.4 is 11.1 Å². The second-order valence-corrected chi connectivity index (χ2v) is 5.71. The third-order valence-electron chi connectivity index (χ3n) is 2.24. The third-order valence-corrected chi connectivity index (χ3v) is 2.88. The van der Waals surface area contributed by atoms with Crippen LogP contribution in [0.1, 0.15) is 33.1 Å². The van der Waals surface area contributed by atoms with Crippen LogP contribution in [0.2, 0.25) is 0 Å². The lowest BCUT2D eigenvalue weighted by molar-refractivity contribution is -0.141. The molecule has 0 saturated carbocycles. The third kappa shape index (κ3) is 9.00. The average Bonchev–Trinajstić information content (AvgIpc) is 2.19. The lowest BCUT2D eigenvalue weighted by atomic mass is 10.00. The van der Waals surface area contributed by atoms with Crippen molar-refractivity contribution in [3.63, 3.8) is 0 Å². The highest BCUT2D eigenvalue weighted by atomic mass is 32.2. The number of hydrogen-bond donors (Lipinski definition) is 3. The molecular weight excluding hydrogens is 240 g/mol. The van der Waals surface area contributed by atoms with Gasteiger partial charge in [-0.25, -0.2) is 4.79 Å². The van der Waals surface area contributed by atoms with Gasteiger partial charge in [-0.15, -0.1) is 0 Å². The van der Waals surface area contributed by atoms with Gasteiger partial charge in [0.15, 0.2) is 0 Å². The molecule has 6 heteroatoms. The van der Waals surface area contributed by atoms with E-state index >= 15 is 0 Å². The number of nitrogens with two attached hydrogens (primary N) is 1. The minimum atomic E-state index is -0.987. The number of hydrogen-bond acceptors (Lipinski definition) is 4. The second kappa shape index (κ2) is 7.55. The first kappa shape index (κ1) is 16.2. The quantitative estimate of drug-likeness (QED) is 0.602. The summed E-state index contributed by atoms with van der Waals surface area (Å²) in [6.45, 7) is 3.67. The summed E-state index contributed by atoms with van der Waals surface area (Å²) in [7, 11) is 0. The highest BCUT2D eigenvalue weighted by Gasteiger charge is 2.20. The summed E-state index contributed by atoms with van der Waals surface area (Å²) >= 11 is 1.56. The molecule has 1 amide bonds. The number of amides is 1. The van der Waals surface area contributed by atoms with E-state index in [2.05, 4.69) is 5.32 Å². The standard InChI is InChI=1S/C11H22N2O3S/c1-11(2,12)6-4-9(14)13-8(10(15)16)5-7-17-3/h8H,4-7,12H2,1-3H3,(H,13,14)(H,15,16). The normalized spacial score (nSPS) is 13.2. The van der Waals surface area contributed by atoms with Crippen LogP contribution in [-0.2, 0) is 9.59 Å². The molecule has 100 valence electrons. The molecule has 0 aromatic carbocycles. The summed E-state index contributed by atoms with van der Waals surface area (Å²) in [5.74, 6) is -0.531. The van der Waals surface area contributed by atoms with E-state index in [1.165, 1.54) is 0 Å². The Bertz CT molecular complexity index is 264. The predicted octanol–water partition coefficient (Wildman–Crippen LogP) is 0.826. The molecular formula is C11H22N2O3S. The zero-order valence-corrected chi connectivity index (χ0v) is 11.5. The maximum Gasteiger partial charge on any atom is 0.326 e. The van der Waals surface area contributed by atoms with Crippen molar-refractivity contribution in [1.29, 1.82) is 0 Å². The van der Waals surface area contributed by atoms with Gasteiger partial charge in [0, 0.05) is 12.0 Å². The predicted molar refractivity (Wildman–Crippen MR) is 70.1 cm³/mol. The maximum absolute atomic E-state index is 11.5. The van der Waals surface area contributed by atoms with Gasteiger partial charge in [0.1, 0.15) is 6.04 Å². The zero-order valence-electron chi connectivity index (χ0n) is 10.7. The Labute approximate surface area is 107 Å². The number of carbonyl (C=O) groups excluding carboxylic acids is 1. The van der Waals surface area contributed by atoms with Crippen LogP contribution in [0.4, 0.5) is 0 Å². The molecule has 0 heterocycles. The van der Waals surface area contributed by atoms with Crippen LogP contribution in [0.25, 0.3) is 0 Å². The van der Waals surface area contributed by atoms with Gasteiger partial charge < -0.3 is 16.2 Å². The molecule has 17 heavy (non-hydrogen) atoms. The van der Waals surface area contributed by atoms with Crippen molar-refractivity contribution in [3.8, 4) is 0 Å². The molecule has 0 radical (unpaired) electrons. The average molecular weight is 262 g/mol. The molecule has 1 unspecified atom stereocenters. The molecule has 0 bridgehead atoms. The molecule has 0 fully saturated rings. The van der Waals surface area contributed by atoms with Crippen molar-refractivity contribution < 1.29 is 14.7 Å². The maximum atomic E-state index is 11.5. The molecule has 0 aliphatic rings. The fourth-order valence-corrected chi connectivity index (χ4v) is 1.67. The van der Waals surface area contributed by atoms with Crippen molar-refractivity contribution in [2.24, 2.45) is 5.73 Å². The Hall–Kier alpha value is -0.750. The van der Waals surface area contributed by atoms with Crippen LogP contribution >= 0.6 is 11.8 Å². The second-order valence-electron chi connectivity index (χ2n) is 4.73. The van der Waals surface area contributed by atoms with Gasteiger partial charge in [0.25, 0.3) is 0 Å². The number of nitrogens with one attached hydrogen (secondary N) is 1. The molecule has 5 nitrogen and oxygen atoms in total. The van der Waals surface area contributed by atoms with Gasteiger partial charge in [-0.3, -0.25) is 4.79 Å². The first-order chi connectivity index (χ1) is 7.76. The van der Waals surface area contributed by atoms with E-state index < -0.39 is 17.6 Å². The van der Waals surface area contributed by atoms with Crippen molar-refractivity contribution in [3.05, 3.63) is 0 Å². The lowest BCUT2D eigenvalue weighted by Gasteiger charge is -2.19. The fourth-order valence-electron chi connectivity index (χ4n) is 1.20.